The number of hydrogen-bond donors (Lipinski definition) is 0. The van der Waals surface area contributed by atoms with Gasteiger partial charge in [0.2, 0.25) is 0 Å². The van der Waals surface area contributed by atoms with Crippen molar-refractivity contribution in [3.05, 3.63) is 175 Å². The molecule has 210 valence electrons. The molecule has 0 bridgehead atoms. The maximum atomic E-state index is 2.49. The van der Waals surface area contributed by atoms with Crippen molar-refractivity contribution in [3.8, 4) is 33.4 Å². The van der Waals surface area contributed by atoms with E-state index in [1.807, 2.05) is 0 Å². The summed E-state index contributed by atoms with van der Waals surface area (Å²) < 4.78 is 0. The van der Waals surface area contributed by atoms with Gasteiger partial charge < -0.3 is 4.90 Å². The predicted molar refractivity (Wildman–Crippen MR) is 187 cm³/mol. The number of hydrogen-bond acceptors (Lipinski definition) is 1. The van der Waals surface area contributed by atoms with E-state index in [1.165, 1.54) is 61.0 Å². The summed E-state index contributed by atoms with van der Waals surface area (Å²) in [6.45, 7) is 4.76. The van der Waals surface area contributed by atoms with Crippen LogP contribution in [0.15, 0.2) is 164 Å². The Bertz CT molecular complexity index is 2140. The molecular formula is C43H33N. The van der Waals surface area contributed by atoms with Crippen LogP contribution in [0.5, 0.6) is 0 Å². The highest BCUT2D eigenvalue weighted by molar-refractivity contribution is 6.07. The minimum Gasteiger partial charge on any atom is -0.309 e. The van der Waals surface area contributed by atoms with Crippen LogP contribution < -0.4 is 4.90 Å². The van der Waals surface area contributed by atoms with E-state index < -0.39 is 0 Å². The molecule has 0 heterocycles. The largest absolute Gasteiger partial charge is 0.309 e. The molecule has 0 saturated heterocycles. The fourth-order valence-corrected chi connectivity index (χ4v) is 7.28. The summed E-state index contributed by atoms with van der Waals surface area (Å²) >= 11 is 0. The third-order valence-electron chi connectivity index (χ3n) is 9.23. The lowest BCUT2D eigenvalue weighted by molar-refractivity contribution is 0.666. The monoisotopic (exact) mass is 563 g/mol. The van der Waals surface area contributed by atoms with Gasteiger partial charge in [-0.25, -0.2) is 0 Å². The molecule has 1 heteroatoms. The number of rotatable bonds is 5. The van der Waals surface area contributed by atoms with Crippen LogP contribution in [0.1, 0.15) is 25.0 Å². The zero-order valence-electron chi connectivity index (χ0n) is 25.0. The Morgan fingerprint density at radius 3 is 1.80 bits per heavy atom. The Kier molecular flexibility index (Phi) is 6.20. The summed E-state index contributed by atoms with van der Waals surface area (Å²) in [4.78, 5) is 2.49. The van der Waals surface area contributed by atoms with Crippen molar-refractivity contribution < 1.29 is 0 Å². The van der Waals surface area contributed by atoms with Gasteiger partial charge in [0.1, 0.15) is 0 Å². The zero-order chi connectivity index (χ0) is 29.7. The molecule has 0 N–H and O–H groups in total. The summed E-state index contributed by atoms with van der Waals surface area (Å²) in [7, 11) is 0. The van der Waals surface area contributed by atoms with E-state index in [0.717, 1.165) is 11.4 Å². The predicted octanol–water partition coefficient (Wildman–Crippen LogP) is 11.9. The van der Waals surface area contributed by atoms with Crippen molar-refractivity contribution in [1.82, 2.24) is 0 Å². The standard InChI is InChI=1S/C43H33N/c1-43(2)38-27-15-13-26-37(38)41-40(29-31-19-9-10-23-34(31)42(41)43)44(32-20-7-4-8-21-32)39-28-16-14-25-36(39)35-24-12-11-22-33(35)30-17-5-3-6-18-30/h3-29H,1-2H3. The highest BCUT2D eigenvalue weighted by atomic mass is 15.1. The van der Waals surface area contributed by atoms with Crippen molar-refractivity contribution in [1.29, 1.82) is 0 Å². The van der Waals surface area contributed by atoms with Gasteiger partial charge in [0, 0.05) is 22.2 Å². The average molecular weight is 564 g/mol. The Balaban J connectivity index is 1.47. The highest BCUT2D eigenvalue weighted by Gasteiger charge is 2.39. The zero-order valence-corrected chi connectivity index (χ0v) is 25.0. The average Bonchev–Trinajstić information content (AvgIpc) is 3.33. The summed E-state index contributed by atoms with van der Waals surface area (Å²) in [6.07, 6.45) is 0. The van der Waals surface area contributed by atoms with E-state index in [1.54, 1.807) is 0 Å². The topological polar surface area (TPSA) is 3.24 Å². The smallest absolute Gasteiger partial charge is 0.0549 e. The molecule has 0 saturated carbocycles. The number of para-hydroxylation sites is 2. The van der Waals surface area contributed by atoms with E-state index in [2.05, 4.69) is 183 Å². The number of nitrogens with zero attached hydrogens (tertiary/aromatic N) is 1. The van der Waals surface area contributed by atoms with Crippen molar-refractivity contribution in [2.24, 2.45) is 0 Å². The molecule has 8 rings (SSSR count). The molecule has 44 heavy (non-hydrogen) atoms. The van der Waals surface area contributed by atoms with Gasteiger partial charge in [0.25, 0.3) is 0 Å². The van der Waals surface area contributed by atoms with Crippen LogP contribution >= 0.6 is 0 Å². The molecule has 0 fully saturated rings. The van der Waals surface area contributed by atoms with Crippen LogP contribution in [-0.4, -0.2) is 0 Å². The second kappa shape index (κ2) is 10.4. The maximum absolute atomic E-state index is 2.49. The van der Waals surface area contributed by atoms with Gasteiger partial charge in [-0.2, -0.15) is 0 Å². The third kappa shape index (κ3) is 4.08. The minimum atomic E-state index is -0.136. The molecule has 7 aromatic rings. The number of benzene rings is 7. The number of fused-ring (bicyclic) bond motifs is 5. The first-order chi connectivity index (χ1) is 21.6. The normalized spacial score (nSPS) is 13.0. The lowest BCUT2D eigenvalue weighted by atomic mass is 9.80. The van der Waals surface area contributed by atoms with Gasteiger partial charge in [-0.1, -0.05) is 153 Å². The fourth-order valence-electron chi connectivity index (χ4n) is 7.28. The van der Waals surface area contributed by atoms with E-state index in [0.29, 0.717) is 0 Å². The van der Waals surface area contributed by atoms with Gasteiger partial charge in [-0.3, -0.25) is 0 Å². The molecule has 1 aliphatic carbocycles. The summed E-state index contributed by atoms with van der Waals surface area (Å²) in [6, 6.07) is 59.5. The van der Waals surface area contributed by atoms with Gasteiger partial charge >= 0.3 is 0 Å². The van der Waals surface area contributed by atoms with Gasteiger partial charge in [-0.15, -0.1) is 0 Å². The van der Waals surface area contributed by atoms with Gasteiger partial charge in [0.15, 0.2) is 0 Å². The molecule has 0 atom stereocenters. The summed E-state index contributed by atoms with van der Waals surface area (Å²) in [5.74, 6) is 0. The summed E-state index contributed by atoms with van der Waals surface area (Å²) in [5, 5.41) is 2.58. The lowest BCUT2D eigenvalue weighted by Crippen LogP contribution is -2.17. The molecule has 0 aromatic heterocycles. The Hall–Kier alpha value is -5.40. The molecule has 1 nitrogen and oxygen atoms in total. The first kappa shape index (κ1) is 26.2. The maximum Gasteiger partial charge on any atom is 0.0549 e. The Morgan fingerprint density at radius 1 is 0.455 bits per heavy atom. The quantitative estimate of drug-likeness (QED) is 0.201. The van der Waals surface area contributed by atoms with E-state index in [-0.39, 0.29) is 5.41 Å². The van der Waals surface area contributed by atoms with Crippen LogP contribution in [0.3, 0.4) is 0 Å². The van der Waals surface area contributed by atoms with E-state index >= 15 is 0 Å². The first-order valence-electron chi connectivity index (χ1n) is 15.4. The van der Waals surface area contributed by atoms with Crippen molar-refractivity contribution in [3.63, 3.8) is 0 Å². The molecular weight excluding hydrogens is 530 g/mol. The van der Waals surface area contributed by atoms with Crippen LogP contribution in [0.25, 0.3) is 44.2 Å². The summed E-state index contributed by atoms with van der Waals surface area (Å²) in [5.41, 5.74) is 13.6. The van der Waals surface area contributed by atoms with Gasteiger partial charge in [0.05, 0.1) is 11.4 Å². The molecule has 0 amide bonds. The van der Waals surface area contributed by atoms with Crippen molar-refractivity contribution >= 4 is 27.8 Å². The molecule has 1 aliphatic rings. The Morgan fingerprint density at radius 2 is 1.02 bits per heavy atom. The van der Waals surface area contributed by atoms with E-state index in [9.17, 15) is 0 Å². The molecule has 0 aliphatic heterocycles. The lowest BCUT2D eigenvalue weighted by Gasteiger charge is -2.31. The molecule has 7 aromatic carbocycles. The highest BCUT2D eigenvalue weighted by Crippen LogP contribution is 2.57. The van der Waals surface area contributed by atoms with E-state index in [4.69, 9.17) is 0 Å². The minimum absolute atomic E-state index is 0.136. The molecule has 0 spiro atoms. The first-order valence-corrected chi connectivity index (χ1v) is 15.4. The van der Waals surface area contributed by atoms with Crippen LogP contribution in [-0.2, 0) is 5.41 Å². The van der Waals surface area contributed by atoms with Crippen LogP contribution in [0.2, 0.25) is 0 Å². The fraction of sp³-hybridized carbons (Fsp3) is 0.0698. The second-order valence-electron chi connectivity index (χ2n) is 12.1. The van der Waals surface area contributed by atoms with Crippen LogP contribution in [0, 0.1) is 0 Å². The third-order valence-corrected chi connectivity index (χ3v) is 9.23. The van der Waals surface area contributed by atoms with Crippen molar-refractivity contribution in [2.75, 3.05) is 4.90 Å². The molecule has 0 unspecified atom stereocenters. The van der Waals surface area contributed by atoms with Crippen LogP contribution in [0.4, 0.5) is 17.1 Å². The van der Waals surface area contributed by atoms with Crippen molar-refractivity contribution in [2.45, 2.75) is 19.3 Å². The second-order valence-corrected chi connectivity index (χ2v) is 12.1. The molecule has 0 radical (unpaired) electrons. The van der Waals surface area contributed by atoms with Gasteiger partial charge in [-0.05, 0) is 68.4 Å². The number of anilines is 3. The SMILES string of the molecule is CC1(C)c2ccccc2-c2c(N(c3ccccc3)c3ccccc3-c3ccccc3-c3ccccc3)cc3ccccc3c21. The Labute approximate surface area is 259 Å².